The molecular weight excluding hydrogens is 280 g/mol. The van der Waals surface area contributed by atoms with E-state index in [4.69, 9.17) is 9.47 Å². The Morgan fingerprint density at radius 3 is 2.82 bits per heavy atom. The van der Waals surface area contributed by atoms with Crippen LogP contribution in [0.2, 0.25) is 0 Å². The normalized spacial score (nSPS) is 12.4. The molecule has 5 heteroatoms. The Labute approximate surface area is 126 Å². The lowest BCUT2D eigenvalue weighted by molar-refractivity contribution is 0.102. The molecule has 1 amide bonds. The van der Waals surface area contributed by atoms with Gasteiger partial charge in [-0.05, 0) is 24.3 Å². The van der Waals surface area contributed by atoms with Crippen LogP contribution in [0.15, 0.2) is 54.6 Å². The molecule has 1 aliphatic heterocycles. The first-order valence-corrected chi connectivity index (χ1v) is 6.86. The van der Waals surface area contributed by atoms with Crippen molar-refractivity contribution in [3.63, 3.8) is 0 Å². The van der Waals surface area contributed by atoms with Crippen molar-refractivity contribution in [1.29, 1.82) is 0 Å². The number of hydrogen-bond acceptors (Lipinski definition) is 4. The van der Waals surface area contributed by atoms with Gasteiger partial charge in [0.05, 0.1) is 5.52 Å². The van der Waals surface area contributed by atoms with Gasteiger partial charge in [-0.15, -0.1) is 0 Å². The summed E-state index contributed by atoms with van der Waals surface area (Å²) in [5, 5.41) is 3.82. The number of pyridine rings is 1. The maximum absolute atomic E-state index is 12.3. The summed E-state index contributed by atoms with van der Waals surface area (Å²) in [5.41, 5.74) is 1.81. The summed E-state index contributed by atoms with van der Waals surface area (Å²) in [4.78, 5) is 16.7. The van der Waals surface area contributed by atoms with Gasteiger partial charge in [0.25, 0.3) is 5.91 Å². The number of carbonyl (C=O) groups is 1. The van der Waals surface area contributed by atoms with Gasteiger partial charge in [-0.25, -0.2) is 4.98 Å². The van der Waals surface area contributed by atoms with Crippen molar-refractivity contribution in [3.8, 4) is 11.5 Å². The number of amides is 1. The van der Waals surface area contributed by atoms with Gasteiger partial charge in [0, 0.05) is 17.1 Å². The molecule has 0 saturated heterocycles. The van der Waals surface area contributed by atoms with E-state index in [1.54, 1.807) is 24.3 Å². The van der Waals surface area contributed by atoms with E-state index < -0.39 is 0 Å². The minimum Gasteiger partial charge on any atom is -0.454 e. The second-order valence-electron chi connectivity index (χ2n) is 4.91. The van der Waals surface area contributed by atoms with Crippen LogP contribution in [0.5, 0.6) is 11.5 Å². The van der Waals surface area contributed by atoms with E-state index >= 15 is 0 Å². The number of ether oxygens (including phenoxy) is 2. The number of nitrogens with zero attached hydrogens (tertiary/aromatic N) is 1. The fourth-order valence-electron chi connectivity index (χ4n) is 2.36. The van der Waals surface area contributed by atoms with Crippen LogP contribution >= 0.6 is 0 Å². The van der Waals surface area contributed by atoms with Crippen LogP contribution in [-0.4, -0.2) is 17.7 Å². The Bertz CT molecular complexity index is 877. The van der Waals surface area contributed by atoms with Gasteiger partial charge in [-0.2, -0.15) is 0 Å². The fourth-order valence-corrected chi connectivity index (χ4v) is 2.36. The summed E-state index contributed by atoms with van der Waals surface area (Å²) in [6.07, 6.45) is 0. The maximum Gasteiger partial charge on any atom is 0.274 e. The quantitative estimate of drug-likeness (QED) is 0.788. The highest BCUT2D eigenvalue weighted by atomic mass is 16.7. The molecule has 2 aromatic carbocycles. The first-order valence-electron chi connectivity index (χ1n) is 6.86. The van der Waals surface area contributed by atoms with Gasteiger partial charge in [0.15, 0.2) is 11.5 Å². The molecule has 1 N–H and O–H groups in total. The van der Waals surface area contributed by atoms with E-state index in [2.05, 4.69) is 10.3 Å². The molecule has 0 unspecified atom stereocenters. The zero-order valence-corrected chi connectivity index (χ0v) is 11.6. The van der Waals surface area contributed by atoms with Crippen LogP contribution in [0.25, 0.3) is 10.9 Å². The van der Waals surface area contributed by atoms with Gasteiger partial charge < -0.3 is 14.8 Å². The topological polar surface area (TPSA) is 60.5 Å². The van der Waals surface area contributed by atoms with Crippen molar-refractivity contribution in [3.05, 3.63) is 60.3 Å². The van der Waals surface area contributed by atoms with Gasteiger partial charge in [0.2, 0.25) is 6.79 Å². The Hall–Kier alpha value is -3.08. The van der Waals surface area contributed by atoms with E-state index in [0.717, 1.165) is 10.9 Å². The van der Waals surface area contributed by atoms with Gasteiger partial charge >= 0.3 is 0 Å². The predicted octanol–water partition coefficient (Wildman–Crippen LogP) is 3.22. The maximum atomic E-state index is 12.3. The first-order chi connectivity index (χ1) is 10.8. The molecule has 0 aliphatic carbocycles. The molecule has 22 heavy (non-hydrogen) atoms. The molecule has 5 nitrogen and oxygen atoms in total. The summed E-state index contributed by atoms with van der Waals surface area (Å²) in [6.45, 7) is 0.207. The van der Waals surface area contributed by atoms with Crippen molar-refractivity contribution >= 4 is 22.5 Å². The van der Waals surface area contributed by atoms with Gasteiger partial charge in [0.1, 0.15) is 5.69 Å². The number of aromatic nitrogens is 1. The molecule has 1 aliphatic rings. The Kier molecular flexibility index (Phi) is 2.89. The molecule has 1 aromatic heterocycles. The summed E-state index contributed by atoms with van der Waals surface area (Å²) in [7, 11) is 0. The van der Waals surface area contributed by atoms with E-state index in [1.165, 1.54) is 0 Å². The van der Waals surface area contributed by atoms with Crippen molar-refractivity contribution in [2.75, 3.05) is 12.1 Å². The molecule has 108 valence electrons. The Morgan fingerprint density at radius 1 is 1.00 bits per heavy atom. The van der Waals surface area contributed by atoms with Crippen LogP contribution in [0, 0.1) is 0 Å². The van der Waals surface area contributed by atoms with Crippen molar-refractivity contribution in [2.24, 2.45) is 0 Å². The monoisotopic (exact) mass is 292 g/mol. The van der Waals surface area contributed by atoms with Crippen LogP contribution in [0.3, 0.4) is 0 Å². The van der Waals surface area contributed by atoms with Crippen LogP contribution in [0.1, 0.15) is 10.5 Å². The summed E-state index contributed by atoms with van der Waals surface area (Å²) < 4.78 is 10.5. The Morgan fingerprint density at radius 2 is 1.86 bits per heavy atom. The third kappa shape index (κ3) is 2.22. The predicted molar refractivity (Wildman–Crippen MR) is 82.3 cm³/mol. The first kappa shape index (κ1) is 12.6. The van der Waals surface area contributed by atoms with Crippen molar-refractivity contribution in [1.82, 2.24) is 4.98 Å². The standard InChI is InChI=1S/C17H12N2O3/c20-17(14-7-5-11-3-1-2-4-13(11)19-14)18-12-6-8-15-16(9-12)22-10-21-15/h1-9H,10H2,(H,18,20). The number of anilines is 1. The summed E-state index contributed by atoms with van der Waals surface area (Å²) in [5.74, 6) is 1.05. The SMILES string of the molecule is O=C(Nc1ccc2c(c1)OCO2)c1ccc2ccccc2n1. The van der Waals surface area contributed by atoms with Crippen LogP contribution < -0.4 is 14.8 Å². The van der Waals surface area contributed by atoms with E-state index in [9.17, 15) is 4.79 Å². The molecule has 2 heterocycles. The molecule has 0 atom stereocenters. The molecule has 3 aromatic rings. The fraction of sp³-hybridized carbons (Fsp3) is 0.0588. The highest BCUT2D eigenvalue weighted by Crippen LogP contribution is 2.34. The minimum absolute atomic E-state index is 0.207. The number of para-hydroxylation sites is 1. The summed E-state index contributed by atoms with van der Waals surface area (Å²) >= 11 is 0. The average Bonchev–Trinajstić information content (AvgIpc) is 3.02. The Balaban J connectivity index is 1.60. The van der Waals surface area contributed by atoms with E-state index in [-0.39, 0.29) is 12.7 Å². The van der Waals surface area contributed by atoms with Crippen molar-refractivity contribution < 1.29 is 14.3 Å². The second-order valence-corrected chi connectivity index (χ2v) is 4.91. The average molecular weight is 292 g/mol. The molecule has 0 radical (unpaired) electrons. The number of hydrogen-bond donors (Lipinski definition) is 1. The lowest BCUT2D eigenvalue weighted by Gasteiger charge is -2.06. The van der Waals surface area contributed by atoms with E-state index in [1.807, 2.05) is 30.3 Å². The highest BCUT2D eigenvalue weighted by Gasteiger charge is 2.15. The lowest BCUT2D eigenvalue weighted by Crippen LogP contribution is -2.13. The van der Waals surface area contributed by atoms with Gasteiger partial charge in [-0.3, -0.25) is 4.79 Å². The van der Waals surface area contributed by atoms with Crippen molar-refractivity contribution in [2.45, 2.75) is 0 Å². The summed E-state index contributed by atoms with van der Waals surface area (Å²) in [6, 6.07) is 16.6. The van der Waals surface area contributed by atoms with Crippen LogP contribution in [-0.2, 0) is 0 Å². The number of benzene rings is 2. The molecule has 4 rings (SSSR count). The molecule has 0 fully saturated rings. The number of fused-ring (bicyclic) bond motifs is 2. The second kappa shape index (κ2) is 5.04. The number of rotatable bonds is 2. The molecular formula is C17H12N2O3. The number of carbonyl (C=O) groups excluding carboxylic acids is 1. The molecule has 0 saturated carbocycles. The molecule has 0 spiro atoms. The van der Waals surface area contributed by atoms with E-state index in [0.29, 0.717) is 22.9 Å². The largest absolute Gasteiger partial charge is 0.454 e. The van der Waals surface area contributed by atoms with Crippen LogP contribution in [0.4, 0.5) is 5.69 Å². The highest BCUT2D eigenvalue weighted by molar-refractivity contribution is 6.04. The third-order valence-corrected chi connectivity index (χ3v) is 3.46. The minimum atomic E-state index is -0.260. The zero-order valence-electron chi connectivity index (χ0n) is 11.6. The number of nitrogens with one attached hydrogen (secondary N) is 1. The van der Waals surface area contributed by atoms with Gasteiger partial charge in [-0.1, -0.05) is 24.3 Å². The third-order valence-electron chi connectivity index (χ3n) is 3.46. The zero-order chi connectivity index (χ0) is 14.9. The molecule has 0 bridgehead atoms. The smallest absolute Gasteiger partial charge is 0.274 e. The lowest BCUT2D eigenvalue weighted by atomic mass is 10.2.